The van der Waals surface area contributed by atoms with Crippen molar-refractivity contribution in [1.82, 2.24) is 15.2 Å². The molecule has 4 heterocycles. The van der Waals surface area contributed by atoms with Crippen LogP contribution in [0.1, 0.15) is 32.7 Å². The molecule has 0 saturated carbocycles. The number of hydrogen-bond acceptors (Lipinski definition) is 7. The van der Waals surface area contributed by atoms with Crippen molar-refractivity contribution in [3.63, 3.8) is 0 Å². The molecule has 0 spiro atoms. The maximum atomic E-state index is 13.7. The Hall–Kier alpha value is -3.46. The first-order chi connectivity index (χ1) is 13.5. The summed E-state index contributed by atoms with van der Waals surface area (Å²) in [4.78, 5) is 31.9. The normalized spacial score (nSPS) is 16.0. The molecular weight excluding hydrogens is 383 g/mol. The van der Waals surface area contributed by atoms with Crippen LogP contribution in [0.3, 0.4) is 0 Å². The van der Waals surface area contributed by atoms with Crippen molar-refractivity contribution in [1.29, 1.82) is 0 Å². The average molecular weight is 394 g/mol. The maximum absolute atomic E-state index is 13.7. The summed E-state index contributed by atoms with van der Waals surface area (Å²) in [5, 5.41) is 9.15. The highest BCUT2D eigenvalue weighted by molar-refractivity contribution is 7.15. The van der Waals surface area contributed by atoms with Gasteiger partial charge in [-0.15, -0.1) is 10.2 Å². The van der Waals surface area contributed by atoms with Gasteiger partial charge >= 0.3 is 0 Å². The van der Waals surface area contributed by atoms with Gasteiger partial charge in [-0.25, -0.2) is 4.39 Å². The number of aryl methyl sites for hydroxylation is 1. The number of amides is 1. The third kappa shape index (κ3) is 2.36. The molecule has 0 saturated heterocycles. The molecule has 0 fully saturated rings. The molecule has 1 aliphatic heterocycles. The zero-order chi connectivity index (χ0) is 19.4. The summed E-state index contributed by atoms with van der Waals surface area (Å²) in [6, 6.07) is 6.33. The molecule has 1 aromatic carbocycles. The summed E-state index contributed by atoms with van der Waals surface area (Å²) in [5.41, 5.74) is 0.454. The Morgan fingerprint density at radius 1 is 1.21 bits per heavy atom. The third-order valence-corrected chi connectivity index (χ3v) is 5.39. The van der Waals surface area contributed by atoms with Crippen LogP contribution in [0, 0.1) is 12.7 Å². The molecule has 4 aromatic rings. The number of pyridine rings is 1. The highest BCUT2D eigenvalue weighted by Gasteiger charge is 2.45. The van der Waals surface area contributed by atoms with E-state index < -0.39 is 23.2 Å². The fraction of sp³-hybridized carbons (Fsp3) is 0.105. The molecule has 0 radical (unpaired) electrons. The largest absolute Gasteiger partial charge is 0.450 e. The summed E-state index contributed by atoms with van der Waals surface area (Å²) < 4.78 is 19.5. The van der Waals surface area contributed by atoms with Crippen LogP contribution in [0.2, 0.25) is 0 Å². The van der Waals surface area contributed by atoms with Crippen LogP contribution in [0.5, 0.6) is 0 Å². The number of carbonyl (C=O) groups is 1. The van der Waals surface area contributed by atoms with E-state index in [2.05, 4.69) is 15.2 Å². The quantitative estimate of drug-likeness (QED) is 0.519. The van der Waals surface area contributed by atoms with Gasteiger partial charge in [0.1, 0.15) is 16.4 Å². The lowest BCUT2D eigenvalue weighted by Gasteiger charge is -2.21. The predicted octanol–water partition coefficient (Wildman–Crippen LogP) is 3.24. The van der Waals surface area contributed by atoms with Crippen LogP contribution in [0.15, 0.2) is 51.9 Å². The average Bonchev–Trinajstić information content (AvgIpc) is 3.24. The van der Waals surface area contributed by atoms with Gasteiger partial charge in [-0.05, 0) is 36.8 Å². The van der Waals surface area contributed by atoms with E-state index in [0.717, 1.165) is 6.07 Å². The number of halogens is 1. The van der Waals surface area contributed by atoms with E-state index in [0.29, 0.717) is 15.7 Å². The van der Waals surface area contributed by atoms with Crippen molar-refractivity contribution < 1.29 is 13.6 Å². The Labute approximate surface area is 161 Å². The minimum absolute atomic E-state index is 0.0779. The summed E-state index contributed by atoms with van der Waals surface area (Å²) in [6.07, 6.45) is 3.17. The summed E-state index contributed by atoms with van der Waals surface area (Å²) in [6.45, 7) is 1.77. The standard InChI is InChI=1S/C19H11FN4O3S/c1-9-22-23-19(28-9)24-15(10-3-2-6-21-8-10)14-16(25)12-7-11(20)4-5-13(12)27-17(14)18(24)26/h2-8,15H,1H3. The van der Waals surface area contributed by atoms with Gasteiger partial charge in [0.2, 0.25) is 10.9 Å². The Morgan fingerprint density at radius 3 is 2.79 bits per heavy atom. The molecule has 0 aliphatic carbocycles. The molecule has 0 bridgehead atoms. The number of hydrogen-bond donors (Lipinski definition) is 0. The predicted molar refractivity (Wildman–Crippen MR) is 100.0 cm³/mol. The second-order valence-corrected chi connectivity index (χ2v) is 7.44. The molecule has 1 atom stereocenters. The second kappa shape index (κ2) is 6.03. The Bertz CT molecular complexity index is 1300. The lowest BCUT2D eigenvalue weighted by molar-refractivity contribution is 0.0970. The Kier molecular flexibility index (Phi) is 3.59. The zero-order valence-electron chi connectivity index (χ0n) is 14.4. The van der Waals surface area contributed by atoms with Gasteiger partial charge in [0, 0.05) is 12.4 Å². The van der Waals surface area contributed by atoms with E-state index in [1.807, 2.05) is 0 Å². The molecule has 1 unspecified atom stereocenters. The van der Waals surface area contributed by atoms with E-state index in [1.165, 1.54) is 28.4 Å². The summed E-state index contributed by atoms with van der Waals surface area (Å²) in [5.74, 6) is -1.13. The number of carbonyl (C=O) groups excluding carboxylic acids is 1. The minimum atomic E-state index is -0.785. The molecule has 28 heavy (non-hydrogen) atoms. The maximum Gasteiger partial charge on any atom is 0.297 e. The smallest absolute Gasteiger partial charge is 0.297 e. The molecule has 0 N–H and O–H groups in total. The minimum Gasteiger partial charge on any atom is -0.450 e. The molecule has 9 heteroatoms. The molecule has 1 amide bonds. The van der Waals surface area contributed by atoms with Gasteiger partial charge in [-0.2, -0.15) is 0 Å². The summed E-state index contributed by atoms with van der Waals surface area (Å²) in [7, 11) is 0. The van der Waals surface area contributed by atoms with E-state index >= 15 is 0 Å². The highest BCUT2D eigenvalue weighted by Crippen LogP contribution is 2.41. The highest BCUT2D eigenvalue weighted by atomic mass is 32.1. The second-order valence-electron chi connectivity index (χ2n) is 6.28. The van der Waals surface area contributed by atoms with E-state index in [1.54, 1.807) is 31.5 Å². The number of aromatic nitrogens is 3. The Morgan fingerprint density at radius 2 is 2.07 bits per heavy atom. The van der Waals surface area contributed by atoms with Gasteiger partial charge in [0.25, 0.3) is 5.91 Å². The van der Waals surface area contributed by atoms with Crippen LogP contribution >= 0.6 is 11.3 Å². The fourth-order valence-corrected chi connectivity index (χ4v) is 4.09. The van der Waals surface area contributed by atoms with Crippen molar-refractivity contribution >= 4 is 33.3 Å². The summed E-state index contributed by atoms with van der Waals surface area (Å²) >= 11 is 1.23. The van der Waals surface area contributed by atoms with Crippen LogP contribution in [-0.2, 0) is 0 Å². The van der Waals surface area contributed by atoms with Crippen LogP contribution in [0.25, 0.3) is 11.0 Å². The lowest BCUT2D eigenvalue weighted by atomic mass is 10.00. The van der Waals surface area contributed by atoms with Crippen LogP contribution in [0.4, 0.5) is 9.52 Å². The SMILES string of the molecule is Cc1nnc(N2C(=O)c3oc4ccc(F)cc4c(=O)c3C2c2cccnc2)s1. The lowest BCUT2D eigenvalue weighted by Crippen LogP contribution is -2.29. The molecule has 1 aliphatic rings. The van der Waals surface area contributed by atoms with Crippen molar-refractivity contribution in [2.45, 2.75) is 13.0 Å². The molecule has 3 aromatic heterocycles. The monoisotopic (exact) mass is 394 g/mol. The topological polar surface area (TPSA) is 89.2 Å². The third-order valence-electron chi connectivity index (χ3n) is 4.55. The van der Waals surface area contributed by atoms with Crippen molar-refractivity contribution in [2.75, 3.05) is 4.90 Å². The number of anilines is 1. The van der Waals surface area contributed by atoms with Crippen molar-refractivity contribution in [3.05, 3.63) is 80.7 Å². The van der Waals surface area contributed by atoms with Crippen molar-refractivity contribution in [3.8, 4) is 0 Å². The number of rotatable bonds is 2. The van der Waals surface area contributed by atoms with Crippen molar-refractivity contribution in [2.24, 2.45) is 0 Å². The Balaban J connectivity index is 1.84. The number of benzene rings is 1. The van der Waals surface area contributed by atoms with Gasteiger partial charge in [-0.1, -0.05) is 17.4 Å². The van der Waals surface area contributed by atoms with Gasteiger partial charge in [0.05, 0.1) is 17.0 Å². The number of nitrogens with zero attached hydrogens (tertiary/aromatic N) is 4. The first kappa shape index (κ1) is 16.7. The fourth-order valence-electron chi connectivity index (χ4n) is 3.38. The first-order valence-corrected chi connectivity index (χ1v) is 9.16. The zero-order valence-corrected chi connectivity index (χ0v) is 15.2. The first-order valence-electron chi connectivity index (χ1n) is 8.34. The van der Waals surface area contributed by atoms with E-state index in [-0.39, 0.29) is 22.3 Å². The molecule has 7 nitrogen and oxygen atoms in total. The van der Waals surface area contributed by atoms with Crippen LogP contribution in [-0.4, -0.2) is 21.1 Å². The van der Waals surface area contributed by atoms with Gasteiger partial charge in [0.15, 0.2) is 5.43 Å². The van der Waals surface area contributed by atoms with Gasteiger partial charge in [-0.3, -0.25) is 19.5 Å². The van der Waals surface area contributed by atoms with E-state index in [9.17, 15) is 14.0 Å². The van der Waals surface area contributed by atoms with Gasteiger partial charge < -0.3 is 4.42 Å². The molecule has 5 rings (SSSR count). The van der Waals surface area contributed by atoms with E-state index in [4.69, 9.17) is 4.42 Å². The molecular formula is C19H11FN4O3S. The number of fused-ring (bicyclic) bond motifs is 2. The van der Waals surface area contributed by atoms with Crippen LogP contribution < -0.4 is 10.3 Å². The molecule has 138 valence electrons.